The maximum absolute atomic E-state index is 6.13. The molecule has 0 saturated carbocycles. The smallest absolute Gasteiger partial charge is 0.163 e. The molecule has 0 aliphatic carbocycles. The Morgan fingerprint density at radius 2 is 1.73 bits per heavy atom. The Labute approximate surface area is 153 Å². The summed E-state index contributed by atoms with van der Waals surface area (Å²) >= 11 is 0. The van der Waals surface area contributed by atoms with Crippen molar-refractivity contribution in [3.63, 3.8) is 0 Å². The van der Waals surface area contributed by atoms with E-state index in [-0.39, 0.29) is 6.04 Å². The van der Waals surface area contributed by atoms with Gasteiger partial charge in [0.2, 0.25) is 0 Å². The third-order valence-electron chi connectivity index (χ3n) is 4.29. The molecule has 0 aliphatic rings. The number of aryl methyl sites for hydroxylation is 1. The van der Waals surface area contributed by atoms with Gasteiger partial charge in [-0.1, -0.05) is 17.7 Å². The van der Waals surface area contributed by atoms with Crippen LogP contribution in [0, 0.1) is 6.92 Å². The minimum absolute atomic E-state index is 0.196. The first-order chi connectivity index (χ1) is 12.5. The summed E-state index contributed by atoms with van der Waals surface area (Å²) in [7, 11) is 3.24. The molecule has 6 heteroatoms. The van der Waals surface area contributed by atoms with E-state index in [9.17, 15) is 0 Å². The molecule has 0 radical (unpaired) electrons. The quantitative estimate of drug-likeness (QED) is 0.703. The van der Waals surface area contributed by atoms with Crippen LogP contribution < -0.4 is 19.9 Å². The van der Waals surface area contributed by atoms with Gasteiger partial charge in [-0.3, -0.25) is 0 Å². The molecular formula is C20H25N3O3. The number of hydrogen-bond donors (Lipinski definition) is 1. The minimum Gasteiger partial charge on any atom is -0.493 e. The molecule has 6 nitrogen and oxygen atoms in total. The lowest BCUT2D eigenvalue weighted by atomic mass is 10.2. The first-order valence-corrected chi connectivity index (χ1v) is 8.60. The first-order valence-electron chi connectivity index (χ1n) is 8.60. The molecule has 0 spiro atoms. The van der Waals surface area contributed by atoms with E-state index in [1.54, 1.807) is 14.2 Å². The Morgan fingerprint density at radius 1 is 1.08 bits per heavy atom. The van der Waals surface area contributed by atoms with Crippen molar-refractivity contribution in [1.29, 1.82) is 0 Å². The number of hydrogen-bond acceptors (Lipinski definition) is 5. The van der Waals surface area contributed by atoms with E-state index in [1.165, 1.54) is 5.56 Å². The van der Waals surface area contributed by atoms with Crippen LogP contribution in [0.4, 0.5) is 0 Å². The summed E-state index contributed by atoms with van der Waals surface area (Å²) in [6.45, 7) is 5.13. The van der Waals surface area contributed by atoms with Crippen LogP contribution in [0.1, 0.15) is 24.4 Å². The van der Waals surface area contributed by atoms with Crippen molar-refractivity contribution in [2.45, 2.75) is 26.4 Å². The first kappa shape index (κ1) is 18.1. The standard InChI is InChI=1S/C20H25N3O3/c1-13-5-7-15(8-6-13)26-10-9-23-17-12-19(25-4)18(24-3)11-16(17)22-20(23)14(2)21/h5-8,11-12,14H,9-10,21H2,1-4H3. The van der Waals surface area contributed by atoms with Crippen LogP contribution in [0.3, 0.4) is 0 Å². The topological polar surface area (TPSA) is 71.5 Å². The fraction of sp³-hybridized carbons (Fsp3) is 0.350. The second-order valence-electron chi connectivity index (χ2n) is 6.27. The van der Waals surface area contributed by atoms with Crippen LogP contribution in [-0.2, 0) is 6.54 Å². The summed E-state index contributed by atoms with van der Waals surface area (Å²) < 4.78 is 18.8. The van der Waals surface area contributed by atoms with Crippen LogP contribution >= 0.6 is 0 Å². The van der Waals surface area contributed by atoms with Gasteiger partial charge in [0.1, 0.15) is 18.2 Å². The summed E-state index contributed by atoms with van der Waals surface area (Å²) in [6.07, 6.45) is 0. The van der Waals surface area contributed by atoms with E-state index in [4.69, 9.17) is 19.9 Å². The highest BCUT2D eigenvalue weighted by Crippen LogP contribution is 2.33. The zero-order valence-corrected chi connectivity index (χ0v) is 15.7. The largest absolute Gasteiger partial charge is 0.493 e. The molecule has 0 saturated heterocycles. The van der Waals surface area contributed by atoms with E-state index in [0.29, 0.717) is 24.7 Å². The van der Waals surface area contributed by atoms with Gasteiger partial charge < -0.3 is 24.5 Å². The summed E-state index contributed by atoms with van der Waals surface area (Å²) in [4.78, 5) is 4.68. The maximum atomic E-state index is 6.13. The number of aromatic nitrogens is 2. The van der Waals surface area contributed by atoms with E-state index in [2.05, 4.69) is 16.5 Å². The van der Waals surface area contributed by atoms with Crippen LogP contribution in [0.5, 0.6) is 17.2 Å². The van der Waals surface area contributed by atoms with Crippen LogP contribution in [0.25, 0.3) is 11.0 Å². The fourth-order valence-corrected chi connectivity index (χ4v) is 2.94. The van der Waals surface area contributed by atoms with Gasteiger partial charge >= 0.3 is 0 Å². The third-order valence-corrected chi connectivity index (χ3v) is 4.29. The molecule has 0 fully saturated rings. The number of ether oxygens (including phenoxy) is 3. The van der Waals surface area contributed by atoms with Crippen molar-refractivity contribution in [3.8, 4) is 17.2 Å². The highest BCUT2D eigenvalue weighted by atomic mass is 16.5. The van der Waals surface area contributed by atoms with Gasteiger partial charge in [0.15, 0.2) is 11.5 Å². The molecule has 2 N–H and O–H groups in total. The lowest BCUT2D eigenvalue weighted by Crippen LogP contribution is -2.16. The van der Waals surface area contributed by atoms with Crippen molar-refractivity contribution in [2.75, 3.05) is 20.8 Å². The average molecular weight is 355 g/mol. The van der Waals surface area contributed by atoms with E-state index >= 15 is 0 Å². The molecule has 0 amide bonds. The van der Waals surface area contributed by atoms with Gasteiger partial charge in [-0.15, -0.1) is 0 Å². The maximum Gasteiger partial charge on any atom is 0.163 e. The molecule has 0 bridgehead atoms. The SMILES string of the molecule is COc1cc2nc(C(C)N)n(CCOc3ccc(C)cc3)c2cc1OC. The predicted molar refractivity (Wildman–Crippen MR) is 102 cm³/mol. The van der Waals surface area contributed by atoms with Crippen molar-refractivity contribution in [2.24, 2.45) is 5.73 Å². The van der Waals surface area contributed by atoms with Gasteiger partial charge in [0.05, 0.1) is 37.8 Å². The highest BCUT2D eigenvalue weighted by molar-refractivity contribution is 5.80. The Balaban J connectivity index is 1.89. The normalized spacial score (nSPS) is 12.2. The average Bonchev–Trinajstić information content (AvgIpc) is 3.00. The number of benzene rings is 2. The third kappa shape index (κ3) is 3.60. The Bertz CT molecular complexity index is 885. The minimum atomic E-state index is -0.196. The Morgan fingerprint density at radius 3 is 2.35 bits per heavy atom. The molecular weight excluding hydrogens is 330 g/mol. The molecule has 2 aromatic carbocycles. The lowest BCUT2D eigenvalue weighted by molar-refractivity contribution is 0.297. The monoisotopic (exact) mass is 355 g/mol. The molecule has 26 heavy (non-hydrogen) atoms. The number of nitrogens with zero attached hydrogens (tertiary/aromatic N) is 2. The lowest BCUT2D eigenvalue weighted by Gasteiger charge is -2.13. The second kappa shape index (κ2) is 7.66. The molecule has 1 heterocycles. The zero-order valence-electron chi connectivity index (χ0n) is 15.7. The summed E-state index contributed by atoms with van der Waals surface area (Å²) in [5, 5.41) is 0. The Kier molecular flexibility index (Phi) is 5.32. The van der Waals surface area contributed by atoms with Crippen molar-refractivity contribution in [1.82, 2.24) is 9.55 Å². The molecule has 1 aromatic heterocycles. The molecule has 138 valence electrons. The van der Waals surface area contributed by atoms with Crippen LogP contribution in [-0.4, -0.2) is 30.4 Å². The van der Waals surface area contributed by atoms with Crippen molar-refractivity contribution < 1.29 is 14.2 Å². The van der Waals surface area contributed by atoms with E-state index in [1.807, 2.05) is 43.3 Å². The summed E-state index contributed by atoms with van der Waals surface area (Å²) in [5.74, 6) is 2.97. The number of rotatable bonds is 7. The van der Waals surface area contributed by atoms with Gasteiger partial charge in [-0.05, 0) is 26.0 Å². The van der Waals surface area contributed by atoms with Gasteiger partial charge in [-0.25, -0.2) is 4.98 Å². The molecule has 3 aromatic rings. The number of methoxy groups -OCH3 is 2. The number of fused-ring (bicyclic) bond motifs is 1. The van der Waals surface area contributed by atoms with Gasteiger partial charge in [0.25, 0.3) is 0 Å². The second-order valence-corrected chi connectivity index (χ2v) is 6.27. The molecule has 0 aliphatic heterocycles. The predicted octanol–water partition coefficient (Wildman–Crippen LogP) is 3.46. The number of nitrogens with two attached hydrogens (primary N) is 1. The Hall–Kier alpha value is -2.73. The van der Waals surface area contributed by atoms with Crippen molar-refractivity contribution >= 4 is 11.0 Å². The highest BCUT2D eigenvalue weighted by Gasteiger charge is 2.17. The number of imidazole rings is 1. The van der Waals surface area contributed by atoms with Gasteiger partial charge in [-0.2, -0.15) is 0 Å². The van der Waals surface area contributed by atoms with Crippen LogP contribution in [0.2, 0.25) is 0 Å². The summed E-state index contributed by atoms with van der Waals surface area (Å²) in [5.41, 5.74) is 9.11. The summed E-state index contributed by atoms with van der Waals surface area (Å²) in [6, 6.07) is 11.6. The molecule has 1 atom stereocenters. The zero-order chi connectivity index (χ0) is 18.7. The van der Waals surface area contributed by atoms with Gasteiger partial charge in [0, 0.05) is 12.1 Å². The fourth-order valence-electron chi connectivity index (χ4n) is 2.94. The van der Waals surface area contributed by atoms with Crippen molar-refractivity contribution in [3.05, 3.63) is 47.8 Å². The molecule has 1 unspecified atom stereocenters. The molecule has 3 rings (SSSR count). The van der Waals surface area contributed by atoms with E-state index < -0.39 is 0 Å². The van der Waals surface area contributed by atoms with Crippen LogP contribution in [0.15, 0.2) is 36.4 Å². The van der Waals surface area contributed by atoms with E-state index in [0.717, 1.165) is 22.6 Å².